The van der Waals surface area contributed by atoms with Crippen molar-refractivity contribution in [2.45, 2.75) is 6.92 Å². The second-order valence-electron chi connectivity index (χ2n) is 4.90. The van der Waals surface area contributed by atoms with Crippen molar-refractivity contribution in [3.8, 4) is 0 Å². The minimum atomic E-state index is -0.639. The molecule has 6 nitrogen and oxygen atoms in total. The zero-order chi connectivity index (χ0) is 17.5. The van der Waals surface area contributed by atoms with Crippen LogP contribution in [-0.2, 0) is 14.3 Å². The first-order valence-corrected chi connectivity index (χ1v) is 8.12. The topological polar surface area (TPSA) is 84.5 Å². The molecule has 0 bridgehead atoms. The summed E-state index contributed by atoms with van der Waals surface area (Å²) in [4.78, 5) is 34.8. The molecule has 0 fully saturated rings. The van der Waals surface area contributed by atoms with Crippen molar-refractivity contribution in [3.63, 3.8) is 0 Å². The first-order valence-electron chi connectivity index (χ1n) is 7.04. The number of anilines is 2. The van der Waals surface area contributed by atoms with Gasteiger partial charge in [0.25, 0.3) is 5.91 Å². The van der Waals surface area contributed by atoms with Crippen molar-refractivity contribution in [1.82, 2.24) is 0 Å². The predicted molar refractivity (Wildman–Crippen MR) is 98.8 cm³/mol. The van der Waals surface area contributed by atoms with Gasteiger partial charge in [0.1, 0.15) is 0 Å². The molecule has 0 aromatic heterocycles. The van der Waals surface area contributed by atoms with Crippen molar-refractivity contribution in [2.75, 3.05) is 17.2 Å². The van der Waals surface area contributed by atoms with E-state index in [2.05, 4.69) is 33.2 Å². The van der Waals surface area contributed by atoms with Gasteiger partial charge in [-0.3, -0.25) is 9.59 Å². The molecule has 0 saturated heterocycles. The third-order valence-electron chi connectivity index (χ3n) is 2.86. The smallest absolute Gasteiger partial charge is 0.338 e. The van der Waals surface area contributed by atoms with Gasteiger partial charge in [0, 0.05) is 21.9 Å². The van der Waals surface area contributed by atoms with E-state index in [1.807, 2.05) is 12.1 Å². The maximum Gasteiger partial charge on any atom is 0.338 e. The van der Waals surface area contributed by atoms with Gasteiger partial charge >= 0.3 is 5.97 Å². The fourth-order valence-corrected chi connectivity index (χ4v) is 2.45. The van der Waals surface area contributed by atoms with Gasteiger partial charge < -0.3 is 15.4 Å². The van der Waals surface area contributed by atoms with Crippen LogP contribution in [0.25, 0.3) is 0 Å². The fourth-order valence-electron chi connectivity index (χ4n) is 1.90. The molecule has 0 saturated carbocycles. The standard InChI is InChI=1S/C17H15IN2O4/c1-11(21)19-14-6-2-4-12(8-14)17(23)24-10-16(22)20-15-7-3-5-13(18)9-15/h2-9H,10H2,1H3,(H,19,21)(H,20,22). The Morgan fingerprint density at radius 2 is 1.67 bits per heavy atom. The minimum Gasteiger partial charge on any atom is -0.452 e. The van der Waals surface area contributed by atoms with Crippen LogP contribution in [0.3, 0.4) is 0 Å². The van der Waals surface area contributed by atoms with Gasteiger partial charge in [-0.1, -0.05) is 12.1 Å². The van der Waals surface area contributed by atoms with Crippen LogP contribution in [0.15, 0.2) is 48.5 Å². The van der Waals surface area contributed by atoms with E-state index in [-0.39, 0.29) is 11.5 Å². The maximum absolute atomic E-state index is 12.0. The summed E-state index contributed by atoms with van der Waals surface area (Å²) in [7, 11) is 0. The predicted octanol–water partition coefficient (Wildman–Crippen LogP) is 3.05. The molecule has 2 amide bonds. The van der Waals surface area contributed by atoms with E-state index in [0.717, 1.165) is 3.57 Å². The Labute approximate surface area is 152 Å². The Bertz CT molecular complexity index is 777. The molecule has 0 heterocycles. The number of amides is 2. The van der Waals surface area contributed by atoms with Crippen molar-refractivity contribution in [1.29, 1.82) is 0 Å². The second kappa shape index (κ2) is 8.44. The zero-order valence-corrected chi connectivity index (χ0v) is 15.0. The first kappa shape index (κ1) is 17.9. The fraction of sp³-hybridized carbons (Fsp3) is 0.118. The second-order valence-corrected chi connectivity index (χ2v) is 6.14. The third kappa shape index (κ3) is 5.65. The van der Waals surface area contributed by atoms with E-state index in [9.17, 15) is 14.4 Å². The van der Waals surface area contributed by atoms with Crippen LogP contribution in [0, 0.1) is 3.57 Å². The Morgan fingerprint density at radius 1 is 1.00 bits per heavy atom. The lowest BCUT2D eigenvalue weighted by Gasteiger charge is -2.08. The van der Waals surface area contributed by atoms with Gasteiger partial charge in [-0.25, -0.2) is 4.79 Å². The summed E-state index contributed by atoms with van der Waals surface area (Å²) >= 11 is 2.14. The summed E-state index contributed by atoms with van der Waals surface area (Å²) < 4.78 is 5.97. The molecule has 2 aromatic rings. The number of hydrogen-bond acceptors (Lipinski definition) is 4. The lowest BCUT2D eigenvalue weighted by atomic mass is 10.2. The minimum absolute atomic E-state index is 0.239. The van der Waals surface area contributed by atoms with E-state index in [1.54, 1.807) is 30.3 Å². The maximum atomic E-state index is 12.0. The number of hydrogen-bond donors (Lipinski definition) is 2. The van der Waals surface area contributed by atoms with Crippen LogP contribution in [0.1, 0.15) is 17.3 Å². The molecule has 0 radical (unpaired) electrons. The molecule has 124 valence electrons. The molecule has 0 spiro atoms. The van der Waals surface area contributed by atoms with Gasteiger partial charge in [0.15, 0.2) is 6.61 Å². The average Bonchev–Trinajstić information content (AvgIpc) is 2.52. The molecule has 24 heavy (non-hydrogen) atoms. The van der Waals surface area contributed by atoms with Crippen molar-refractivity contribution in [2.24, 2.45) is 0 Å². The summed E-state index contributed by atoms with van der Waals surface area (Å²) in [6, 6.07) is 13.6. The van der Waals surface area contributed by atoms with Gasteiger partial charge in [-0.05, 0) is 59.0 Å². The van der Waals surface area contributed by atoms with Crippen molar-refractivity contribution in [3.05, 3.63) is 57.7 Å². The van der Waals surface area contributed by atoms with E-state index in [1.165, 1.54) is 13.0 Å². The summed E-state index contributed by atoms with van der Waals surface area (Å²) in [5, 5.41) is 5.23. The van der Waals surface area contributed by atoms with Crippen LogP contribution >= 0.6 is 22.6 Å². The zero-order valence-electron chi connectivity index (χ0n) is 12.8. The summed E-state index contributed by atoms with van der Waals surface area (Å²) in [5.41, 5.74) is 1.37. The number of carbonyl (C=O) groups is 3. The molecule has 7 heteroatoms. The Morgan fingerprint density at radius 3 is 2.33 bits per heavy atom. The van der Waals surface area contributed by atoms with Gasteiger partial charge in [-0.2, -0.15) is 0 Å². The van der Waals surface area contributed by atoms with E-state index in [4.69, 9.17) is 4.74 Å². The van der Waals surface area contributed by atoms with Gasteiger partial charge in [-0.15, -0.1) is 0 Å². The Balaban J connectivity index is 1.90. The third-order valence-corrected chi connectivity index (χ3v) is 3.53. The molecule has 0 aliphatic rings. The molecule has 0 aliphatic carbocycles. The van der Waals surface area contributed by atoms with E-state index in [0.29, 0.717) is 11.4 Å². The highest BCUT2D eigenvalue weighted by molar-refractivity contribution is 14.1. The highest BCUT2D eigenvalue weighted by Crippen LogP contribution is 2.13. The summed E-state index contributed by atoms with van der Waals surface area (Å²) in [6.45, 7) is 0.981. The lowest BCUT2D eigenvalue weighted by molar-refractivity contribution is -0.119. The summed E-state index contributed by atoms with van der Waals surface area (Å²) in [5.74, 6) is -1.30. The quantitative estimate of drug-likeness (QED) is 0.556. The van der Waals surface area contributed by atoms with Gasteiger partial charge in [0.2, 0.25) is 5.91 Å². The Kier molecular flexibility index (Phi) is 6.30. The molecule has 0 aliphatic heterocycles. The molecule has 2 rings (SSSR count). The number of rotatable bonds is 5. The van der Waals surface area contributed by atoms with Crippen LogP contribution in [0.2, 0.25) is 0 Å². The van der Waals surface area contributed by atoms with E-state index < -0.39 is 18.5 Å². The van der Waals surface area contributed by atoms with Gasteiger partial charge in [0.05, 0.1) is 5.56 Å². The lowest BCUT2D eigenvalue weighted by Crippen LogP contribution is -2.21. The normalized spacial score (nSPS) is 9.92. The number of benzene rings is 2. The highest BCUT2D eigenvalue weighted by Gasteiger charge is 2.11. The van der Waals surface area contributed by atoms with Crippen LogP contribution < -0.4 is 10.6 Å². The number of carbonyl (C=O) groups excluding carboxylic acids is 3. The highest BCUT2D eigenvalue weighted by atomic mass is 127. The van der Waals surface area contributed by atoms with Crippen LogP contribution in [-0.4, -0.2) is 24.4 Å². The molecular formula is C17H15IN2O4. The summed E-state index contributed by atoms with van der Waals surface area (Å²) in [6.07, 6.45) is 0. The van der Waals surface area contributed by atoms with Crippen molar-refractivity contribution < 1.29 is 19.1 Å². The SMILES string of the molecule is CC(=O)Nc1cccc(C(=O)OCC(=O)Nc2cccc(I)c2)c1. The largest absolute Gasteiger partial charge is 0.452 e. The first-order chi connectivity index (χ1) is 11.4. The molecular weight excluding hydrogens is 423 g/mol. The van der Waals surface area contributed by atoms with E-state index >= 15 is 0 Å². The number of esters is 1. The van der Waals surface area contributed by atoms with Crippen molar-refractivity contribution >= 4 is 51.7 Å². The number of halogens is 1. The number of nitrogens with one attached hydrogen (secondary N) is 2. The molecule has 2 N–H and O–H groups in total. The molecule has 0 atom stereocenters. The molecule has 0 unspecified atom stereocenters. The number of ether oxygens (including phenoxy) is 1. The Hall–Kier alpha value is -2.42. The van der Waals surface area contributed by atoms with Crippen LogP contribution in [0.4, 0.5) is 11.4 Å². The average molecular weight is 438 g/mol. The monoisotopic (exact) mass is 438 g/mol. The van der Waals surface area contributed by atoms with Crippen LogP contribution in [0.5, 0.6) is 0 Å². The molecule has 2 aromatic carbocycles.